The minimum Gasteiger partial charge on any atom is -0.468 e. The Bertz CT molecular complexity index is 626. The highest BCUT2D eigenvalue weighted by molar-refractivity contribution is 6.30. The van der Waals surface area contributed by atoms with E-state index in [2.05, 4.69) is 5.32 Å². The molecule has 2 unspecified atom stereocenters. The summed E-state index contributed by atoms with van der Waals surface area (Å²) in [6.07, 6.45) is 0. The van der Waals surface area contributed by atoms with Gasteiger partial charge in [0.2, 0.25) is 0 Å². The molecule has 0 radical (unpaired) electrons. The lowest BCUT2D eigenvalue weighted by Crippen LogP contribution is -2.31. The number of halogens is 2. The first-order valence-electron chi connectivity index (χ1n) is 6.86. The van der Waals surface area contributed by atoms with Crippen molar-refractivity contribution >= 4 is 29.2 Å². The van der Waals surface area contributed by atoms with Crippen LogP contribution in [0.15, 0.2) is 48.5 Å². The van der Waals surface area contributed by atoms with Gasteiger partial charge in [-0.1, -0.05) is 47.5 Å². The number of carbonyl (C=O) groups excluding carboxylic acids is 1. The van der Waals surface area contributed by atoms with E-state index in [-0.39, 0.29) is 12.0 Å². The van der Waals surface area contributed by atoms with Crippen LogP contribution in [0.1, 0.15) is 30.1 Å². The fourth-order valence-electron chi connectivity index (χ4n) is 2.17. The van der Waals surface area contributed by atoms with E-state index in [1.807, 2.05) is 43.3 Å². The molecule has 2 rings (SSSR count). The van der Waals surface area contributed by atoms with Crippen molar-refractivity contribution in [1.29, 1.82) is 0 Å². The van der Waals surface area contributed by atoms with Crippen molar-refractivity contribution in [3.63, 3.8) is 0 Å². The Labute approximate surface area is 140 Å². The maximum Gasteiger partial charge on any atom is 0.327 e. The molecule has 3 nitrogen and oxygen atoms in total. The molecule has 0 aliphatic heterocycles. The summed E-state index contributed by atoms with van der Waals surface area (Å²) in [7, 11) is 1.37. The number of nitrogens with one attached hydrogen (secondary N) is 1. The van der Waals surface area contributed by atoms with Crippen molar-refractivity contribution in [2.75, 3.05) is 7.11 Å². The van der Waals surface area contributed by atoms with Gasteiger partial charge in [0, 0.05) is 16.1 Å². The summed E-state index contributed by atoms with van der Waals surface area (Å²) >= 11 is 11.8. The molecule has 0 aliphatic rings. The lowest BCUT2D eigenvalue weighted by atomic mass is 10.0. The summed E-state index contributed by atoms with van der Waals surface area (Å²) in [4.78, 5) is 12.1. The fraction of sp³-hybridized carbons (Fsp3) is 0.235. The normalized spacial score (nSPS) is 13.5. The van der Waals surface area contributed by atoms with Gasteiger partial charge in [-0.2, -0.15) is 0 Å². The van der Waals surface area contributed by atoms with Crippen LogP contribution in [0.2, 0.25) is 10.0 Å². The smallest absolute Gasteiger partial charge is 0.327 e. The third kappa shape index (κ3) is 4.23. The van der Waals surface area contributed by atoms with Crippen LogP contribution in [0.3, 0.4) is 0 Å². The molecule has 0 heterocycles. The molecule has 0 spiro atoms. The van der Waals surface area contributed by atoms with Gasteiger partial charge < -0.3 is 4.74 Å². The highest BCUT2D eigenvalue weighted by Gasteiger charge is 2.23. The Morgan fingerprint density at radius 2 is 1.41 bits per heavy atom. The zero-order chi connectivity index (χ0) is 16.1. The predicted octanol–water partition coefficient (Wildman–Crippen LogP) is 4.56. The standard InChI is InChI=1S/C17H17Cl2NO2/c1-11(12-3-7-14(18)8-4-12)20-16(17(21)22-2)13-5-9-15(19)10-6-13/h3-11,16,20H,1-2H3. The van der Waals surface area contributed by atoms with E-state index in [1.165, 1.54) is 7.11 Å². The van der Waals surface area contributed by atoms with Gasteiger partial charge in [-0.3, -0.25) is 5.32 Å². The summed E-state index contributed by atoms with van der Waals surface area (Å²) < 4.78 is 4.90. The third-order valence-electron chi connectivity index (χ3n) is 3.43. The Morgan fingerprint density at radius 1 is 0.955 bits per heavy atom. The molecule has 0 aromatic heterocycles. The van der Waals surface area contributed by atoms with Crippen LogP contribution in [0, 0.1) is 0 Å². The van der Waals surface area contributed by atoms with Gasteiger partial charge in [0.15, 0.2) is 0 Å². The molecule has 1 N–H and O–H groups in total. The van der Waals surface area contributed by atoms with Crippen LogP contribution in [0.4, 0.5) is 0 Å². The van der Waals surface area contributed by atoms with E-state index in [0.29, 0.717) is 10.0 Å². The maximum atomic E-state index is 12.1. The monoisotopic (exact) mass is 337 g/mol. The number of hydrogen-bond donors (Lipinski definition) is 1. The van der Waals surface area contributed by atoms with Crippen molar-refractivity contribution in [1.82, 2.24) is 5.32 Å². The number of ether oxygens (including phenoxy) is 1. The van der Waals surface area contributed by atoms with Crippen LogP contribution < -0.4 is 5.32 Å². The van der Waals surface area contributed by atoms with Gasteiger partial charge in [-0.05, 0) is 42.3 Å². The van der Waals surface area contributed by atoms with E-state index in [9.17, 15) is 4.79 Å². The summed E-state index contributed by atoms with van der Waals surface area (Å²) in [5.41, 5.74) is 1.84. The summed E-state index contributed by atoms with van der Waals surface area (Å²) in [6.45, 7) is 1.98. The number of methoxy groups -OCH3 is 1. The molecule has 2 atom stereocenters. The molecular formula is C17H17Cl2NO2. The molecule has 116 valence electrons. The quantitative estimate of drug-likeness (QED) is 0.813. The summed E-state index contributed by atoms with van der Waals surface area (Å²) in [5.74, 6) is -0.344. The Hall–Kier alpha value is -1.55. The third-order valence-corrected chi connectivity index (χ3v) is 3.93. The number of benzene rings is 2. The van der Waals surface area contributed by atoms with Crippen molar-refractivity contribution in [2.45, 2.75) is 19.0 Å². The van der Waals surface area contributed by atoms with Crippen molar-refractivity contribution < 1.29 is 9.53 Å². The number of hydrogen-bond acceptors (Lipinski definition) is 3. The Kier molecular flexibility index (Phi) is 5.83. The first kappa shape index (κ1) is 16.8. The number of esters is 1. The van der Waals surface area contributed by atoms with E-state index in [1.54, 1.807) is 12.1 Å². The van der Waals surface area contributed by atoms with E-state index in [4.69, 9.17) is 27.9 Å². The largest absolute Gasteiger partial charge is 0.468 e. The van der Waals surface area contributed by atoms with Crippen molar-refractivity contribution in [2.24, 2.45) is 0 Å². The van der Waals surface area contributed by atoms with Gasteiger partial charge >= 0.3 is 5.97 Å². The first-order chi connectivity index (χ1) is 10.5. The second-order valence-electron chi connectivity index (χ2n) is 4.95. The predicted molar refractivity (Wildman–Crippen MR) is 89.2 cm³/mol. The van der Waals surface area contributed by atoms with Crippen molar-refractivity contribution in [3.05, 3.63) is 69.7 Å². The average molecular weight is 338 g/mol. The highest BCUT2D eigenvalue weighted by Crippen LogP contribution is 2.23. The maximum absolute atomic E-state index is 12.1. The zero-order valence-corrected chi connectivity index (χ0v) is 13.9. The fourth-order valence-corrected chi connectivity index (χ4v) is 2.42. The molecule has 0 saturated heterocycles. The lowest BCUT2D eigenvalue weighted by Gasteiger charge is -2.22. The van der Waals surface area contributed by atoms with Crippen LogP contribution in [0.5, 0.6) is 0 Å². The molecule has 2 aromatic rings. The molecule has 5 heteroatoms. The number of rotatable bonds is 5. The van der Waals surface area contributed by atoms with E-state index in [0.717, 1.165) is 11.1 Å². The van der Waals surface area contributed by atoms with Crippen LogP contribution in [-0.4, -0.2) is 13.1 Å². The first-order valence-corrected chi connectivity index (χ1v) is 7.61. The Morgan fingerprint density at radius 3 is 1.86 bits per heavy atom. The lowest BCUT2D eigenvalue weighted by molar-refractivity contribution is -0.143. The van der Waals surface area contributed by atoms with E-state index >= 15 is 0 Å². The van der Waals surface area contributed by atoms with Crippen LogP contribution in [-0.2, 0) is 9.53 Å². The molecule has 0 fully saturated rings. The number of carbonyl (C=O) groups is 1. The van der Waals surface area contributed by atoms with Crippen LogP contribution >= 0.6 is 23.2 Å². The van der Waals surface area contributed by atoms with Gasteiger partial charge in [0.1, 0.15) is 6.04 Å². The SMILES string of the molecule is COC(=O)C(NC(C)c1ccc(Cl)cc1)c1ccc(Cl)cc1. The molecule has 0 bridgehead atoms. The second-order valence-corrected chi connectivity index (χ2v) is 5.82. The van der Waals surface area contributed by atoms with Gasteiger partial charge in [-0.15, -0.1) is 0 Å². The van der Waals surface area contributed by atoms with E-state index < -0.39 is 6.04 Å². The van der Waals surface area contributed by atoms with Gasteiger partial charge in [-0.25, -0.2) is 4.79 Å². The minimum atomic E-state index is -0.562. The summed E-state index contributed by atoms with van der Waals surface area (Å²) in [5, 5.41) is 4.58. The molecule has 0 amide bonds. The van der Waals surface area contributed by atoms with Gasteiger partial charge in [0.25, 0.3) is 0 Å². The van der Waals surface area contributed by atoms with Gasteiger partial charge in [0.05, 0.1) is 7.11 Å². The average Bonchev–Trinajstić information content (AvgIpc) is 2.53. The molecule has 0 aliphatic carbocycles. The molecule has 22 heavy (non-hydrogen) atoms. The van der Waals surface area contributed by atoms with Crippen LogP contribution in [0.25, 0.3) is 0 Å². The zero-order valence-electron chi connectivity index (χ0n) is 12.3. The second kappa shape index (κ2) is 7.63. The topological polar surface area (TPSA) is 38.3 Å². The minimum absolute atomic E-state index is 0.0444. The highest BCUT2D eigenvalue weighted by atomic mass is 35.5. The summed E-state index contributed by atoms with van der Waals surface area (Å²) in [6, 6.07) is 14.0. The molecule has 2 aromatic carbocycles. The van der Waals surface area contributed by atoms with Crippen molar-refractivity contribution in [3.8, 4) is 0 Å². The molecular weight excluding hydrogens is 321 g/mol. The Balaban J connectivity index is 2.21. The molecule has 0 saturated carbocycles.